The van der Waals surface area contributed by atoms with Crippen molar-refractivity contribution in [2.45, 2.75) is 10.3 Å². The van der Waals surface area contributed by atoms with Gasteiger partial charge in [-0.25, -0.2) is 0 Å². The highest BCUT2D eigenvalue weighted by Crippen LogP contribution is 2.39. The van der Waals surface area contributed by atoms with Gasteiger partial charge in [-0.3, -0.25) is 10.0 Å². The number of carbonyl (C=O) groups is 1. The average Bonchev–Trinajstić information content (AvgIpc) is 2.66. The molecule has 144 valence electrons. The number of methoxy groups -OCH3 is 1. The fourth-order valence-corrected chi connectivity index (χ4v) is 4.19. The maximum absolute atomic E-state index is 13.2. The average molecular weight is 436 g/mol. The van der Waals surface area contributed by atoms with E-state index in [0.717, 1.165) is 4.73 Å². The Bertz CT molecular complexity index is 980. The second-order valence-electron chi connectivity index (χ2n) is 5.77. The third-order valence-electron chi connectivity index (χ3n) is 3.83. The molecular weight excluding hydrogens is 419 g/mol. The van der Waals surface area contributed by atoms with E-state index >= 15 is 0 Å². The summed E-state index contributed by atoms with van der Waals surface area (Å²) in [6.45, 7) is 0. The van der Waals surface area contributed by atoms with Gasteiger partial charge >= 0.3 is 0 Å². The predicted octanol–water partition coefficient (Wildman–Crippen LogP) is 5.00. The second kappa shape index (κ2) is 9.19. The molecule has 0 aliphatic carbocycles. The predicted molar refractivity (Wildman–Crippen MR) is 111 cm³/mol. The molecule has 5 nitrogen and oxygen atoms in total. The van der Waals surface area contributed by atoms with Crippen molar-refractivity contribution in [1.29, 1.82) is 0 Å². The molecule has 0 fully saturated rings. The van der Waals surface area contributed by atoms with E-state index in [1.165, 1.54) is 18.0 Å². The van der Waals surface area contributed by atoms with Crippen molar-refractivity contribution in [1.82, 2.24) is 0 Å². The smallest absolute Gasteiger partial charge is 0.292 e. The lowest BCUT2D eigenvalue weighted by molar-refractivity contribution is -0.932. The number of rotatable bonds is 6. The Morgan fingerprint density at radius 1 is 1.11 bits per heavy atom. The van der Waals surface area contributed by atoms with E-state index in [-0.39, 0.29) is 5.91 Å². The van der Waals surface area contributed by atoms with Crippen molar-refractivity contribution < 1.29 is 19.5 Å². The Hall–Kier alpha value is -2.41. The van der Waals surface area contributed by atoms with Crippen LogP contribution in [0.25, 0.3) is 0 Å². The Morgan fingerprint density at radius 3 is 2.46 bits per heavy atom. The number of hydrogen-bond donors (Lipinski definition) is 2. The Labute approximate surface area is 176 Å². The van der Waals surface area contributed by atoms with Crippen molar-refractivity contribution in [3.05, 3.63) is 82.5 Å². The molecular formula is C20H17Cl2N2O3S+. The van der Waals surface area contributed by atoms with Crippen LogP contribution in [-0.4, -0.2) is 18.2 Å². The summed E-state index contributed by atoms with van der Waals surface area (Å²) in [6.07, 6.45) is 1.50. The number of benzene rings is 2. The molecule has 3 rings (SSSR count). The van der Waals surface area contributed by atoms with Crippen molar-refractivity contribution in [3.8, 4) is 5.75 Å². The maximum atomic E-state index is 13.2. The SMILES string of the molecule is COc1ccccc1C(Sc1cccc[n+]1O)C(=O)Nc1cc(Cl)cc(Cl)c1. The Kier molecular flexibility index (Phi) is 6.67. The Balaban J connectivity index is 1.97. The zero-order chi connectivity index (χ0) is 20.1. The van der Waals surface area contributed by atoms with Crippen LogP contribution in [0.3, 0.4) is 0 Å². The van der Waals surface area contributed by atoms with Crippen molar-refractivity contribution in [3.63, 3.8) is 0 Å². The van der Waals surface area contributed by atoms with Gasteiger partial charge in [0.2, 0.25) is 12.1 Å². The van der Waals surface area contributed by atoms with E-state index < -0.39 is 5.25 Å². The van der Waals surface area contributed by atoms with Crippen molar-refractivity contribution in [2.75, 3.05) is 12.4 Å². The summed E-state index contributed by atoms with van der Waals surface area (Å²) >= 11 is 13.3. The molecule has 0 radical (unpaired) electrons. The van der Waals surface area contributed by atoms with Crippen LogP contribution in [0.4, 0.5) is 5.69 Å². The lowest BCUT2D eigenvalue weighted by Crippen LogP contribution is -2.32. The summed E-state index contributed by atoms with van der Waals surface area (Å²) in [4.78, 5) is 13.2. The van der Waals surface area contributed by atoms with Crippen LogP contribution in [0.15, 0.2) is 71.9 Å². The number of carbonyl (C=O) groups excluding carboxylic acids is 1. The molecule has 0 saturated carbocycles. The third-order valence-corrected chi connectivity index (χ3v) is 5.54. The molecule has 8 heteroatoms. The van der Waals surface area contributed by atoms with Crippen LogP contribution in [0, 0.1) is 0 Å². The molecule has 1 heterocycles. The minimum absolute atomic E-state index is 0.309. The van der Waals surface area contributed by atoms with Crippen LogP contribution >= 0.6 is 35.0 Å². The molecule has 0 aliphatic heterocycles. The number of anilines is 1. The zero-order valence-corrected chi connectivity index (χ0v) is 17.1. The molecule has 1 atom stereocenters. The van der Waals surface area contributed by atoms with Gasteiger partial charge in [0.15, 0.2) is 0 Å². The van der Waals surface area contributed by atoms with Gasteiger partial charge in [-0.05, 0) is 42.1 Å². The van der Waals surface area contributed by atoms with Gasteiger partial charge in [0.25, 0.3) is 5.03 Å². The van der Waals surface area contributed by atoms with E-state index in [1.54, 1.807) is 49.6 Å². The normalized spacial score (nSPS) is 11.7. The van der Waals surface area contributed by atoms with E-state index in [1.807, 2.05) is 18.2 Å². The topological polar surface area (TPSA) is 62.4 Å². The number of pyridine rings is 1. The number of ether oxygens (including phenoxy) is 1. The molecule has 3 aromatic rings. The third kappa shape index (κ3) is 4.90. The van der Waals surface area contributed by atoms with Crippen LogP contribution in [0.2, 0.25) is 10.0 Å². The molecule has 1 aromatic heterocycles. The first-order valence-electron chi connectivity index (χ1n) is 8.24. The second-order valence-corrected chi connectivity index (χ2v) is 7.77. The molecule has 1 unspecified atom stereocenters. The molecule has 1 amide bonds. The van der Waals surface area contributed by atoms with Gasteiger partial charge in [-0.1, -0.05) is 41.4 Å². The van der Waals surface area contributed by atoms with E-state index in [0.29, 0.717) is 32.1 Å². The zero-order valence-electron chi connectivity index (χ0n) is 14.8. The van der Waals surface area contributed by atoms with Gasteiger partial charge in [-0.2, -0.15) is 0 Å². The molecule has 2 N–H and O–H groups in total. The minimum Gasteiger partial charge on any atom is -0.496 e. The standard InChI is InChI=1S/C20H16Cl2N2O3S/c1-27-17-7-3-2-6-16(17)19(28-18-8-4-5-9-24(18)26)20(25)23-15-11-13(21)10-14(22)12-15/h2-12,19H,1H3,(H-,23,25,26)/p+1. The van der Waals surface area contributed by atoms with Crippen LogP contribution in [0.5, 0.6) is 5.75 Å². The molecule has 2 aromatic carbocycles. The highest BCUT2D eigenvalue weighted by atomic mass is 35.5. The molecule has 28 heavy (non-hydrogen) atoms. The highest BCUT2D eigenvalue weighted by molar-refractivity contribution is 8.00. The van der Waals surface area contributed by atoms with Gasteiger partial charge in [-0.15, -0.1) is 0 Å². The number of amides is 1. The minimum atomic E-state index is -0.699. The van der Waals surface area contributed by atoms with E-state index in [9.17, 15) is 10.0 Å². The summed E-state index contributed by atoms with van der Waals surface area (Å²) in [5, 5.41) is 13.5. The summed E-state index contributed by atoms with van der Waals surface area (Å²) in [5.74, 6) is 0.261. The fourth-order valence-electron chi connectivity index (χ4n) is 2.61. The highest BCUT2D eigenvalue weighted by Gasteiger charge is 2.29. The number of halogens is 2. The quantitative estimate of drug-likeness (QED) is 0.324. The largest absolute Gasteiger partial charge is 0.496 e. The maximum Gasteiger partial charge on any atom is 0.292 e. The number of nitrogens with zero attached hydrogens (tertiary/aromatic N) is 1. The first kappa shape index (κ1) is 20.3. The van der Waals surface area contributed by atoms with Gasteiger partial charge in [0, 0.05) is 38.2 Å². The number of aromatic nitrogens is 1. The Morgan fingerprint density at radius 2 is 1.79 bits per heavy atom. The summed E-state index contributed by atoms with van der Waals surface area (Å²) in [6, 6.07) is 17.3. The van der Waals surface area contributed by atoms with Gasteiger partial charge in [0.1, 0.15) is 11.0 Å². The number of hydrogen-bond acceptors (Lipinski definition) is 4. The molecule has 0 aliphatic rings. The van der Waals surface area contributed by atoms with Crippen LogP contribution in [-0.2, 0) is 4.79 Å². The fraction of sp³-hybridized carbons (Fsp3) is 0.100. The molecule has 0 spiro atoms. The monoisotopic (exact) mass is 435 g/mol. The van der Waals surface area contributed by atoms with E-state index in [4.69, 9.17) is 27.9 Å². The van der Waals surface area contributed by atoms with Crippen molar-refractivity contribution in [2.24, 2.45) is 0 Å². The summed E-state index contributed by atoms with van der Waals surface area (Å²) in [7, 11) is 1.55. The molecule has 0 saturated heterocycles. The first-order valence-corrected chi connectivity index (χ1v) is 9.88. The van der Waals surface area contributed by atoms with Gasteiger partial charge < -0.3 is 10.1 Å². The lowest BCUT2D eigenvalue weighted by Gasteiger charge is -2.18. The number of nitrogens with one attached hydrogen (secondary N) is 1. The molecule has 0 bridgehead atoms. The van der Waals surface area contributed by atoms with Gasteiger partial charge in [0.05, 0.1) is 7.11 Å². The van der Waals surface area contributed by atoms with Crippen LogP contribution in [0.1, 0.15) is 10.8 Å². The summed E-state index contributed by atoms with van der Waals surface area (Å²) < 4.78 is 6.40. The van der Waals surface area contributed by atoms with E-state index in [2.05, 4.69) is 5.32 Å². The number of thioether (sulfide) groups is 1. The van der Waals surface area contributed by atoms with Crippen LogP contribution < -0.4 is 14.8 Å². The summed E-state index contributed by atoms with van der Waals surface area (Å²) in [5.41, 5.74) is 1.15. The van der Waals surface area contributed by atoms with Crippen molar-refractivity contribution >= 4 is 46.6 Å². The first-order chi connectivity index (χ1) is 13.5. The number of para-hydroxylation sites is 1. The lowest BCUT2D eigenvalue weighted by atomic mass is 10.1.